The molecule has 1 aliphatic carbocycles. The molecule has 2 heterocycles. The monoisotopic (exact) mass is 1300 g/mol. The maximum absolute atomic E-state index is 4.49. The van der Waals surface area contributed by atoms with Gasteiger partial charge < -0.3 is 0 Å². The van der Waals surface area contributed by atoms with Gasteiger partial charge in [0.25, 0.3) is 0 Å². The highest BCUT2D eigenvalue weighted by molar-refractivity contribution is 5.55. The molecule has 1 saturated carbocycles. The summed E-state index contributed by atoms with van der Waals surface area (Å²) in [7, 11) is 2.33. The van der Waals surface area contributed by atoms with Gasteiger partial charge in [-0.15, -0.1) is 0 Å². The summed E-state index contributed by atoms with van der Waals surface area (Å²) in [6.07, 6.45) is 25.7. The number of piperidine rings is 2. The van der Waals surface area contributed by atoms with Gasteiger partial charge in [-0.3, -0.25) is 24.5 Å². The van der Waals surface area contributed by atoms with Gasteiger partial charge in [0.15, 0.2) is 0 Å². The second-order valence-corrected chi connectivity index (χ2v) is 33.4. The Morgan fingerprint density at radius 1 is 0.542 bits per heavy atom. The van der Waals surface area contributed by atoms with E-state index in [0.29, 0.717) is 47.8 Å². The highest BCUT2D eigenvalue weighted by Crippen LogP contribution is 2.68. The topological polar surface area (TPSA) is 16.2 Å². The Bertz CT molecular complexity index is 3090. The minimum atomic E-state index is -0.455. The van der Waals surface area contributed by atoms with Crippen LogP contribution in [-0.2, 0) is 50.0 Å². The fraction of sp³-hybridized carbons (Fsp3) is 0.637. The lowest BCUT2D eigenvalue weighted by molar-refractivity contribution is 0.0225. The Labute approximate surface area is 591 Å². The van der Waals surface area contributed by atoms with Crippen molar-refractivity contribution in [2.24, 2.45) is 29.1 Å². The molecule has 8 rings (SSSR count). The van der Waals surface area contributed by atoms with Gasteiger partial charge >= 0.3 is 0 Å². The molecule has 5 heteroatoms. The fourth-order valence-corrected chi connectivity index (χ4v) is 18.3. The molecular formula is C91H140N5. The quantitative estimate of drug-likeness (QED) is 0.0365. The number of hydrogen-bond acceptors (Lipinski definition) is 5. The van der Waals surface area contributed by atoms with Crippen molar-refractivity contribution in [3.63, 3.8) is 0 Å². The zero-order chi connectivity index (χ0) is 69.0. The van der Waals surface area contributed by atoms with Gasteiger partial charge in [-0.05, 0) is 236 Å². The predicted molar refractivity (Wildman–Crippen MR) is 417 cm³/mol. The van der Waals surface area contributed by atoms with Crippen LogP contribution in [0.2, 0.25) is 0 Å². The van der Waals surface area contributed by atoms with Crippen LogP contribution >= 0.6 is 0 Å². The Morgan fingerprint density at radius 2 is 1.07 bits per heavy atom. The predicted octanol–water partition coefficient (Wildman–Crippen LogP) is 23.0. The van der Waals surface area contributed by atoms with Crippen LogP contribution in [0.25, 0.3) is 0 Å². The van der Waals surface area contributed by atoms with Crippen molar-refractivity contribution in [1.82, 2.24) is 24.5 Å². The zero-order valence-electron chi connectivity index (χ0n) is 64.5. The Morgan fingerprint density at radius 3 is 1.70 bits per heavy atom. The molecule has 0 N–H and O–H groups in total. The molecule has 2 saturated heterocycles. The number of benzene rings is 5. The molecule has 5 aromatic rings. The Balaban J connectivity index is 1.48. The van der Waals surface area contributed by atoms with E-state index in [9.17, 15) is 0 Å². The summed E-state index contributed by atoms with van der Waals surface area (Å²) < 4.78 is 0. The minimum absolute atomic E-state index is 0.389. The summed E-state index contributed by atoms with van der Waals surface area (Å²) in [5, 5.41) is 0. The molecule has 1 radical (unpaired) electrons. The molecular weight excluding hydrogens is 1160 g/mol. The third-order valence-electron chi connectivity index (χ3n) is 24.3. The lowest BCUT2D eigenvalue weighted by Gasteiger charge is -2.64. The zero-order valence-corrected chi connectivity index (χ0v) is 64.5. The molecule has 5 aromatic carbocycles. The number of likely N-dealkylation sites (N-methyl/N-ethyl adjacent to an activating group) is 1. The van der Waals surface area contributed by atoms with Crippen molar-refractivity contribution in [1.29, 1.82) is 0 Å². The summed E-state index contributed by atoms with van der Waals surface area (Å²) in [6.45, 7) is 52.0. The summed E-state index contributed by atoms with van der Waals surface area (Å²) in [4.78, 5) is 13.6. The van der Waals surface area contributed by atoms with E-state index >= 15 is 0 Å². The van der Waals surface area contributed by atoms with E-state index in [1.165, 1.54) is 151 Å². The second-order valence-electron chi connectivity index (χ2n) is 33.4. The first-order valence-corrected chi connectivity index (χ1v) is 39.7. The first-order chi connectivity index (χ1) is 46.1. The lowest BCUT2D eigenvalue weighted by atomic mass is 9.39. The van der Waals surface area contributed by atoms with Crippen LogP contribution in [0.5, 0.6) is 0 Å². The molecule has 0 amide bonds. The molecule has 5 nitrogen and oxygen atoms in total. The van der Waals surface area contributed by atoms with Crippen LogP contribution in [0.4, 0.5) is 0 Å². The molecule has 0 bridgehead atoms. The SMILES string of the molecule is C=C(C)CN(CC)Cc1cccc(C(CCC(C)C)([C](CCC(C)Cc2cccc(CN3CCCCC3CC)c2)c2cccc(CN(CC)C3CCCCC3)c2)C(C)(CCC(C)C)C(CCC(C)C)(c2cccc(CN(C)C(C)C)c2)c2cccc(CN3CCCCC3C)c2)c1. The average molecular weight is 1300 g/mol. The van der Waals surface area contributed by atoms with Crippen LogP contribution in [-0.4, -0.2) is 88.4 Å². The van der Waals surface area contributed by atoms with Crippen LogP contribution in [0.3, 0.4) is 0 Å². The van der Waals surface area contributed by atoms with Gasteiger partial charge in [0.05, 0.1) is 0 Å². The van der Waals surface area contributed by atoms with E-state index < -0.39 is 10.8 Å². The summed E-state index contributed by atoms with van der Waals surface area (Å²) >= 11 is 0. The van der Waals surface area contributed by atoms with Crippen LogP contribution < -0.4 is 0 Å². The van der Waals surface area contributed by atoms with Crippen LogP contribution in [0, 0.1) is 35.0 Å². The van der Waals surface area contributed by atoms with Crippen molar-refractivity contribution in [3.8, 4) is 0 Å². The van der Waals surface area contributed by atoms with Crippen molar-refractivity contribution < 1.29 is 0 Å². The van der Waals surface area contributed by atoms with Gasteiger partial charge in [-0.1, -0.05) is 255 Å². The summed E-state index contributed by atoms with van der Waals surface area (Å²) in [6, 6.07) is 53.8. The molecule has 3 fully saturated rings. The normalized spacial score (nSPS) is 19.5. The first kappa shape index (κ1) is 77.4. The molecule has 96 heavy (non-hydrogen) atoms. The third-order valence-corrected chi connectivity index (χ3v) is 24.3. The third kappa shape index (κ3) is 20.2. The van der Waals surface area contributed by atoms with Crippen LogP contribution in [0.15, 0.2) is 133 Å². The smallest absolute Gasteiger partial charge is 0.0265 e. The standard InChI is InChI=1S/C91H140N5/c1-18-86-44-25-27-56-96(86)68-77-35-28-34-76(58-77)57-74(14)47-48-88(82-40-29-36-78(59-82)66-94(20-3)87-45-22-21-23-46-87)91(54-51-71(8)9,85-43-31-38-80(61-85)65-93(19-2)63-72(10)11)89(16,52-49-69(4)5)90(53-50-70(6)7,83-41-30-37-79(60-83)64-92(17)73(12)13)84-42-32-39-81(62-84)67-95-55-26-24-33-75(95)15/h28-32,34-43,58-62,69-71,73-75,86-87H,10,18-27,33,44-57,63-68H2,1-9,11-17H3. The van der Waals surface area contributed by atoms with Gasteiger partial charge in [-0.2, -0.15) is 0 Å². The summed E-state index contributed by atoms with van der Waals surface area (Å²) in [5.74, 6) is 3.65. The number of hydrogen-bond donors (Lipinski definition) is 0. The first-order valence-electron chi connectivity index (χ1n) is 39.7. The molecule has 0 aromatic heterocycles. The van der Waals surface area contributed by atoms with E-state index in [-0.39, 0.29) is 5.41 Å². The van der Waals surface area contributed by atoms with Crippen LogP contribution in [0.1, 0.15) is 288 Å². The van der Waals surface area contributed by atoms with Gasteiger partial charge in [-0.25, -0.2) is 0 Å². The second kappa shape index (κ2) is 37.4. The van der Waals surface area contributed by atoms with Gasteiger partial charge in [0.1, 0.15) is 0 Å². The van der Waals surface area contributed by atoms with Crippen molar-refractivity contribution in [2.75, 3.05) is 39.8 Å². The number of rotatable bonds is 38. The molecule has 529 valence electrons. The van der Waals surface area contributed by atoms with Gasteiger partial charge in [0, 0.05) is 80.2 Å². The molecule has 6 atom stereocenters. The highest BCUT2D eigenvalue weighted by Gasteiger charge is 2.64. The molecule has 2 aliphatic heterocycles. The Hall–Kier alpha value is -4.36. The maximum Gasteiger partial charge on any atom is 0.0265 e. The van der Waals surface area contributed by atoms with E-state index in [4.69, 9.17) is 0 Å². The van der Waals surface area contributed by atoms with E-state index in [1.54, 1.807) is 5.92 Å². The van der Waals surface area contributed by atoms with Crippen molar-refractivity contribution >= 4 is 0 Å². The highest BCUT2D eigenvalue weighted by atomic mass is 15.2. The average Bonchev–Trinajstić information content (AvgIpc) is 0.686. The molecule has 3 aliphatic rings. The van der Waals surface area contributed by atoms with E-state index in [0.717, 1.165) is 110 Å². The fourth-order valence-electron chi connectivity index (χ4n) is 18.3. The molecule has 6 unspecified atom stereocenters. The Kier molecular flexibility index (Phi) is 30.1. The van der Waals surface area contributed by atoms with E-state index in [2.05, 4.69) is 263 Å². The lowest BCUT2D eigenvalue weighted by Crippen LogP contribution is -2.60. The maximum atomic E-state index is 4.49. The summed E-state index contributed by atoms with van der Waals surface area (Å²) in [5.41, 5.74) is 14.8. The largest absolute Gasteiger partial charge is 0.300 e. The minimum Gasteiger partial charge on any atom is -0.300 e. The van der Waals surface area contributed by atoms with Gasteiger partial charge in [0.2, 0.25) is 0 Å². The van der Waals surface area contributed by atoms with Crippen molar-refractivity contribution in [3.05, 3.63) is 195 Å². The van der Waals surface area contributed by atoms with E-state index in [1.807, 2.05) is 0 Å². The molecule has 0 spiro atoms. The number of nitrogens with zero attached hydrogens (tertiary/aromatic N) is 5. The number of likely N-dealkylation sites (tertiary alicyclic amines) is 2. The van der Waals surface area contributed by atoms with Crippen molar-refractivity contribution in [2.45, 2.75) is 306 Å².